The van der Waals surface area contributed by atoms with Crippen LogP contribution in [0.3, 0.4) is 0 Å². The van der Waals surface area contributed by atoms with Gasteiger partial charge in [0.25, 0.3) is 0 Å². The van der Waals surface area contributed by atoms with Crippen molar-refractivity contribution in [2.75, 3.05) is 11.9 Å². The van der Waals surface area contributed by atoms with E-state index >= 15 is 0 Å². The summed E-state index contributed by atoms with van der Waals surface area (Å²) in [6, 6.07) is 4.16. The monoisotopic (exact) mass is 298 g/mol. The summed E-state index contributed by atoms with van der Waals surface area (Å²) in [7, 11) is 0. The number of halogens is 1. The van der Waals surface area contributed by atoms with E-state index < -0.39 is 12.0 Å². The Balaban J connectivity index is 2.92. The zero-order valence-corrected chi connectivity index (χ0v) is 10.5. The molecular formula is C11H11BrN2O3. The molecule has 0 fully saturated rings. The minimum Gasteiger partial charge on any atom is -0.478 e. The number of amides is 2. The van der Waals surface area contributed by atoms with Crippen LogP contribution in [0.4, 0.5) is 10.5 Å². The Labute approximate surface area is 107 Å². The van der Waals surface area contributed by atoms with Crippen molar-refractivity contribution in [3.8, 4) is 0 Å². The molecule has 1 aromatic rings. The number of benzene rings is 1. The molecule has 0 atom stereocenters. The molecule has 0 bridgehead atoms. The second-order valence-electron chi connectivity index (χ2n) is 3.09. The highest BCUT2D eigenvalue weighted by Crippen LogP contribution is 2.26. The number of para-hydroxylation sites is 1. The Kier molecular flexibility index (Phi) is 4.71. The van der Waals surface area contributed by atoms with Crippen molar-refractivity contribution in [1.82, 2.24) is 5.32 Å². The molecule has 6 heteroatoms. The smallest absolute Gasteiger partial charge is 0.337 e. The van der Waals surface area contributed by atoms with E-state index in [4.69, 9.17) is 5.11 Å². The van der Waals surface area contributed by atoms with Crippen LogP contribution in [-0.4, -0.2) is 23.7 Å². The molecule has 0 spiro atoms. The summed E-state index contributed by atoms with van der Waals surface area (Å²) in [5.74, 6) is -1.11. The van der Waals surface area contributed by atoms with Gasteiger partial charge in [-0.2, -0.15) is 0 Å². The highest BCUT2D eigenvalue weighted by atomic mass is 79.9. The maximum Gasteiger partial charge on any atom is 0.337 e. The topological polar surface area (TPSA) is 78.4 Å². The summed E-state index contributed by atoms with van der Waals surface area (Å²) in [6.45, 7) is 3.76. The summed E-state index contributed by atoms with van der Waals surface area (Å²) in [5, 5.41) is 13.9. The van der Waals surface area contributed by atoms with Crippen molar-refractivity contribution < 1.29 is 14.7 Å². The molecule has 0 saturated heterocycles. The number of rotatable bonds is 4. The third-order valence-electron chi connectivity index (χ3n) is 1.89. The predicted molar refractivity (Wildman–Crippen MR) is 68.3 cm³/mol. The number of carbonyl (C=O) groups is 2. The van der Waals surface area contributed by atoms with E-state index in [2.05, 4.69) is 33.1 Å². The van der Waals surface area contributed by atoms with E-state index in [1.165, 1.54) is 12.1 Å². The third kappa shape index (κ3) is 3.60. The van der Waals surface area contributed by atoms with E-state index in [1.807, 2.05) is 0 Å². The minimum atomic E-state index is -1.11. The number of carboxylic acids is 1. The van der Waals surface area contributed by atoms with Crippen LogP contribution in [0.25, 0.3) is 0 Å². The minimum absolute atomic E-state index is 0.0214. The van der Waals surface area contributed by atoms with Gasteiger partial charge in [-0.15, -0.1) is 6.58 Å². The lowest BCUT2D eigenvalue weighted by atomic mass is 10.2. The molecule has 0 unspecified atom stereocenters. The first kappa shape index (κ1) is 13.2. The van der Waals surface area contributed by atoms with Crippen molar-refractivity contribution in [1.29, 1.82) is 0 Å². The van der Waals surface area contributed by atoms with Gasteiger partial charge in [-0.3, -0.25) is 0 Å². The molecule has 90 valence electrons. The van der Waals surface area contributed by atoms with Gasteiger partial charge in [0.15, 0.2) is 0 Å². The quantitative estimate of drug-likeness (QED) is 0.747. The van der Waals surface area contributed by atoms with Crippen LogP contribution in [0, 0.1) is 0 Å². The molecule has 1 aromatic carbocycles. The molecule has 0 heterocycles. The maximum absolute atomic E-state index is 11.4. The first-order valence-corrected chi connectivity index (χ1v) is 5.53. The fourth-order valence-electron chi connectivity index (χ4n) is 1.15. The Morgan fingerprint density at radius 2 is 2.18 bits per heavy atom. The third-order valence-corrected chi connectivity index (χ3v) is 2.55. The van der Waals surface area contributed by atoms with Crippen LogP contribution >= 0.6 is 15.9 Å². The van der Waals surface area contributed by atoms with Gasteiger partial charge in [-0.25, -0.2) is 9.59 Å². The number of nitrogens with one attached hydrogen (secondary N) is 2. The molecule has 0 aliphatic carbocycles. The van der Waals surface area contributed by atoms with E-state index in [0.29, 0.717) is 11.0 Å². The maximum atomic E-state index is 11.4. The molecule has 5 nitrogen and oxygen atoms in total. The molecule has 3 N–H and O–H groups in total. The SMILES string of the molecule is C=CCNC(=O)Nc1c(Br)cccc1C(=O)O. The van der Waals surface area contributed by atoms with Crippen molar-refractivity contribution in [3.05, 3.63) is 40.9 Å². The standard InChI is InChI=1S/C11H11BrN2O3/c1-2-6-13-11(17)14-9-7(10(15)16)4-3-5-8(9)12/h2-5H,1,6H2,(H,15,16)(H2,13,14,17). The highest BCUT2D eigenvalue weighted by molar-refractivity contribution is 9.10. The molecule has 0 saturated carbocycles. The first-order valence-electron chi connectivity index (χ1n) is 4.73. The Morgan fingerprint density at radius 3 is 2.76 bits per heavy atom. The zero-order chi connectivity index (χ0) is 12.8. The van der Waals surface area contributed by atoms with E-state index in [-0.39, 0.29) is 11.3 Å². The number of anilines is 1. The second-order valence-corrected chi connectivity index (χ2v) is 3.95. The lowest BCUT2D eigenvalue weighted by molar-refractivity contribution is 0.0698. The largest absolute Gasteiger partial charge is 0.478 e. The number of urea groups is 1. The molecule has 0 aromatic heterocycles. The van der Waals surface area contributed by atoms with Crippen molar-refractivity contribution >= 4 is 33.6 Å². The van der Waals surface area contributed by atoms with Gasteiger partial charge in [-0.05, 0) is 28.1 Å². The first-order chi connectivity index (χ1) is 8.06. The van der Waals surface area contributed by atoms with Crippen LogP contribution in [-0.2, 0) is 0 Å². The Hall–Kier alpha value is -1.82. The van der Waals surface area contributed by atoms with Crippen LogP contribution in [0.2, 0.25) is 0 Å². The average molecular weight is 299 g/mol. The van der Waals surface area contributed by atoms with E-state index in [9.17, 15) is 9.59 Å². The number of aromatic carboxylic acids is 1. The number of carbonyl (C=O) groups excluding carboxylic acids is 1. The number of carboxylic acid groups (broad SMARTS) is 1. The van der Waals surface area contributed by atoms with E-state index in [1.54, 1.807) is 12.1 Å². The molecule has 2 amide bonds. The van der Waals surface area contributed by atoms with Crippen LogP contribution < -0.4 is 10.6 Å². The highest BCUT2D eigenvalue weighted by Gasteiger charge is 2.14. The fourth-order valence-corrected chi connectivity index (χ4v) is 1.62. The van der Waals surface area contributed by atoms with Gasteiger partial charge in [-0.1, -0.05) is 12.1 Å². The average Bonchev–Trinajstić information content (AvgIpc) is 2.28. The van der Waals surface area contributed by atoms with Gasteiger partial charge >= 0.3 is 12.0 Å². The molecule has 0 aliphatic heterocycles. The van der Waals surface area contributed by atoms with Gasteiger partial charge in [0, 0.05) is 11.0 Å². The zero-order valence-electron chi connectivity index (χ0n) is 8.87. The van der Waals surface area contributed by atoms with Gasteiger partial charge < -0.3 is 15.7 Å². The van der Waals surface area contributed by atoms with Crippen molar-refractivity contribution in [3.63, 3.8) is 0 Å². The molecule has 0 radical (unpaired) electrons. The fraction of sp³-hybridized carbons (Fsp3) is 0.0909. The summed E-state index contributed by atoms with van der Waals surface area (Å²) >= 11 is 3.19. The Morgan fingerprint density at radius 1 is 1.47 bits per heavy atom. The lowest BCUT2D eigenvalue weighted by Crippen LogP contribution is -2.29. The van der Waals surface area contributed by atoms with Crippen LogP contribution in [0.15, 0.2) is 35.3 Å². The summed E-state index contributed by atoms with van der Waals surface area (Å²) < 4.78 is 0.506. The molecule has 17 heavy (non-hydrogen) atoms. The molecule has 1 rings (SSSR count). The predicted octanol–water partition coefficient (Wildman–Crippen LogP) is 2.45. The van der Waals surface area contributed by atoms with Gasteiger partial charge in [0.05, 0.1) is 11.3 Å². The number of hydrogen-bond acceptors (Lipinski definition) is 2. The van der Waals surface area contributed by atoms with E-state index in [0.717, 1.165) is 0 Å². The lowest BCUT2D eigenvalue weighted by Gasteiger charge is -2.10. The summed E-state index contributed by atoms with van der Waals surface area (Å²) in [6.07, 6.45) is 1.53. The summed E-state index contributed by atoms with van der Waals surface area (Å²) in [5.41, 5.74) is 0.245. The van der Waals surface area contributed by atoms with Crippen LogP contribution in [0.1, 0.15) is 10.4 Å². The number of hydrogen-bond donors (Lipinski definition) is 3. The molecular weight excluding hydrogens is 288 g/mol. The second kappa shape index (κ2) is 6.05. The van der Waals surface area contributed by atoms with Crippen molar-refractivity contribution in [2.45, 2.75) is 0 Å². The molecule has 0 aliphatic rings. The summed E-state index contributed by atoms with van der Waals surface area (Å²) in [4.78, 5) is 22.4. The van der Waals surface area contributed by atoms with Gasteiger partial charge in [0.2, 0.25) is 0 Å². The van der Waals surface area contributed by atoms with Crippen molar-refractivity contribution in [2.24, 2.45) is 0 Å². The van der Waals surface area contributed by atoms with Crippen LogP contribution in [0.5, 0.6) is 0 Å². The Bertz CT molecular complexity index is 460. The van der Waals surface area contributed by atoms with Gasteiger partial charge in [0.1, 0.15) is 0 Å². The normalized spacial score (nSPS) is 9.47.